The van der Waals surface area contributed by atoms with E-state index in [9.17, 15) is 0 Å². The quantitative estimate of drug-likeness (QED) is 0.281. The number of hydrogen-bond acceptors (Lipinski definition) is 3. The van der Waals surface area contributed by atoms with E-state index in [0.717, 1.165) is 62.0 Å². The minimum absolute atomic E-state index is 0.0632. The monoisotopic (exact) mass is 628 g/mol. The number of rotatable bonds is 8. The van der Waals surface area contributed by atoms with Gasteiger partial charge < -0.3 is 15.4 Å². The number of benzene rings is 1. The van der Waals surface area contributed by atoms with Crippen molar-refractivity contribution in [1.82, 2.24) is 10.6 Å². The predicted octanol–water partition coefficient (Wildman–Crippen LogP) is 10.7. The summed E-state index contributed by atoms with van der Waals surface area (Å²) in [5.74, 6) is 3.10. The molecule has 0 bridgehead atoms. The predicted molar refractivity (Wildman–Crippen MR) is 197 cm³/mol. The lowest BCUT2D eigenvalue weighted by Gasteiger charge is -2.29. The molecule has 5 atom stereocenters. The van der Waals surface area contributed by atoms with E-state index in [4.69, 9.17) is 16.3 Å². The third-order valence-corrected chi connectivity index (χ3v) is 9.37. The van der Waals surface area contributed by atoms with E-state index in [1.54, 1.807) is 7.11 Å². The zero-order valence-corrected chi connectivity index (χ0v) is 29.3. The molecule has 0 radical (unpaired) electrons. The molecule has 3 nitrogen and oxygen atoms in total. The molecule has 2 aliphatic rings. The number of nitrogens with one attached hydrogen (secondary N) is 2. The summed E-state index contributed by atoms with van der Waals surface area (Å²) in [5.41, 5.74) is 6.83. The van der Waals surface area contributed by atoms with Crippen LogP contribution in [0.1, 0.15) is 71.8 Å². The molecule has 1 heterocycles. The van der Waals surface area contributed by atoms with Crippen molar-refractivity contribution < 1.29 is 4.74 Å². The van der Waals surface area contributed by atoms with Crippen LogP contribution in [0.25, 0.3) is 0 Å². The fourth-order valence-corrected chi connectivity index (χ4v) is 6.39. The molecule has 0 saturated carbocycles. The largest absolute Gasteiger partial charge is 0.495 e. The molecule has 1 aromatic carbocycles. The van der Waals surface area contributed by atoms with Crippen molar-refractivity contribution in [3.8, 4) is 5.75 Å². The van der Waals surface area contributed by atoms with E-state index < -0.39 is 0 Å². The van der Waals surface area contributed by atoms with E-state index in [1.165, 1.54) is 16.7 Å². The Kier molecular flexibility index (Phi) is 14.6. The van der Waals surface area contributed by atoms with Gasteiger partial charge in [0.1, 0.15) is 5.75 Å². The maximum absolute atomic E-state index is 6.47. The third-order valence-electron chi connectivity index (χ3n) is 9.07. The van der Waals surface area contributed by atoms with Gasteiger partial charge in [-0.2, -0.15) is 0 Å². The number of allylic oxidation sites excluding steroid dienone is 9. The van der Waals surface area contributed by atoms with Gasteiger partial charge in [0.15, 0.2) is 0 Å². The van der Waals surface area contributed by atoms with E-state index in [2.05, 4.69) is 113 Å². The summed E-state index contributed by atoms with van der Waals surface area (Å²) in [6.07, 6.45) is 22.9. The lowest BCUT2D eigenvalue weighted by molar-refractivity contribution is 0.407. The molecule has 2 N–H and O–H groups in total. The minimum Gasteiger partial charge on any atom is -0.495 e. The second-order valence-electron chi connectivity index (χ2n) is 13.7. The van der Waals surface area contributed by atoms with Crippen molar-refractivity contribution >= 4 is 11.6 Å². The van der Waals surface area contributed by atoms with Crippen LogP contribution in [0.3, 0.4) is 0 Å². The Morgan fingerprint density at radius 1 is 1.04 bits per heavy atom. The summed E-state index contributed by atoms with van der Waals surface area (Å²) in [6, 6.07) is 5.88. The average molecular weight is 629 g/mol. The molecular formula is C41H57ClN2O. The molecule has 244 valence electrons. The molecule has 1 aromatic rings. The van der Waals surface area contributed by atoms with Crippen molar-refractivity contribution in [1.29, 1.82) is 0 Å². The van der Waals surface area contributed by atoms with Gasteiger partial charge in [0, 0.05) is 17.9 Å². The molecule has 0 aromatic heterocycles. The van der Waals surface area contributed by atoms with Crippen LogP contribution in [0.2, 0.25) is 5.02 Å². The van der Waals surface area contributed by atoms with Gasteiger partial charge in [0.25, 0.3) is 0 Å². The van der Waals surface area contributed by atoms with E-state index >= 15 is 0 Å². The first kappa shape index (κ1) is 36.3. The van der Waals surface area contributed by atoms with Crippen LogP contribution >= 0.6 is 11.6 Å². The minimum atomic E-state index is -0.0632. The molecule has 0 saturated heterocycles. The Morgan fingerprint density at radius 3 is 2.49 bits per heavy atom. The van der Waals surface area contributed by atoms with Crippen molar-refractivity contribution in [3.63, 3.8) is 0 Å². The molecule has 3 rings (SSSR count). The molecule has 0 spiro atoms. The Bertz CT molecular complexity index is 1310. The van der Waals surface area contributed by atoms with Gasteiger partial charge in [0.05, 0.1) is 18.2 Å². The van der Waals surface area contributed by atoms with E-state index in [1.807, 2.05) is 12.1 Å². The topological polar surface area (TPSA) is 33.3 Å². The van der Waals surface area contributed by atoms with E-state index in [0.29, 0.717) is 46.8 Å². The first-order valence-electron chi connectivity index (χ1n) is 16.7. The van der Waals surface area contributed by atoms with Gasteiger partial charge in [-0.15, -0.1) is 0 Å². The van der Waals surface area contributed by atoms with Gasteiger partial charge in [-0.1, -0.05) is 119 Å². The maximum atomic E-state index is 6.47. The summed E-state index contributed by atoms with van der Waals surface area (Å²) >= 11 is 6.47. The average Bonchev–Trinajstić information content (AvgIpc) is 2.99. The second-order valence-corrected chi connectivity index (χ2v) is 14.1. The standard InChI is InChI=1S/C41H57ClN2O/c1-28(2)22-38-24-30(4)32(6)27-43-34(8)40(26-37-20-21-41(45-9)39(42)25-37)44-33(7)12-10-14-36(23-31(38)5)15-11-13-35-18-16-29(3)17-19-35/h10-13,16,18-21,25,28-29,32,36,38,40,43-44H,4-5,7-8,14-15,17,22-24,26-27H2,1-3,6,9H3/b12-10+,13-11+/t29?,32?,36-,38?,40+/m0/s1. The zero-order valence-electron chi connectivity index (χ0n) is 28.5. The van der Waals surface area contributed by atoms with Crippen molar-refractivity contribution in [3.05, 3.63) is 126 Å². The highest BCUT2D eigenvalue weighted by atomic mass is 35.5. The van der Waals surface area contributed by atoms with Crippen LogP contribution in [-0.4, -0.2) is 19.7 Å². The first-order chi connectivity index (χ1) is 21.4. The van der Waals surface area contributed by atoms with Crippen molar-refractivity contribution in [2.75, 3.05) is 13.7 Å². The van der Waals surface area contributed by atoms with Crippen molar-refractivity contribution in [2.24, 2.45) is 29.6 Å². The van der Waals surface area contributed by atoms with Crippen LogP contribution < -0.4 is 15.4 Å². The zero-order chi connectivity index (χ0) is 32.9. The van der Waals surface area contributed by atoms with Crippen LogP contribution in [0.4, 0.5) is 0 Å². The van der Waals surface area contributed by atoms with Crippen LogP contribution in [-0.2, 0) is 6.42 Å². The maximum Gasteiger partial charge on any atom is 0.137 e. The number of methoxy groups -OCH3 is 1. The smallest absolute Gasteiger partial charge is 0.137 e. The summed E-state index contributed by atoms with van der Waals surface area (Å²) in [5, 5.41) is 7.85. The number of ether oxygens (including phenoxy) is 1. The van der Waals surface area contributed by atoms with Crippen LogP contribution in [0.5, 0.6) is 5.75 Å². The summed E-state index contributed by atoms with van der Waals surface area (Å²) < 4.78 is 5.36. The summed E-state index contributed by atoms with van der Waals surface area (Å²) in [7, 11) is 1.63. The number of hydrogen-bond donors (Lipinski definition) is 2. The molecule has 45 heavy (non-hydrogen) atoms. The molecule has 1 aliphatic heterocycles. The summed E-state index contributed by atoms with van der Waals surface area (Å²) in [6.45, 7) is 28.0. The third kappa shape index (κ3) is 12.3. The Balaban J connectivity index is 1.84. The van der Waals surface area contributed by atoms with Gasteiger partial charge in [-0.3, -0.25) is 0 Å². The Hall–Kier alpha value is -3.17. The van der Waals surface area contributed by atoms with Crippen LogP contribution in [0, 0.1) is 29.6 Å². The van der Waals surface area contributed by atoms with Gasteiger partial charge in [-0.25, -0.2) is 0 Å². The fourth-order valence-electron chi connectivity index (χ4n) is 6.11. The Labute approximate surface area is 279 Å². The lowest BCUT2D eigenvalue weighted by atomic mass is 9.79. The normalized spacial score (nSPS) is 26.5. The second kappa shape index (κ2) is 18.1. The van der Waals surface area contributed by atoms with E-state index in [-0.39, 0.29) is 6.04 Å². The number of halogens is 1. The molecule has 1 aliphatic carbocycles. The molecule has 0 fully saturated rings. The highest BCUT2D eigenvalue weighted by Gasteiger charge is 2.22. The Morgan fingerprint density at radius 2 is 1.82 bits per heavy atom. The highest BCUT2D eigenvalue weighted by Crippen LogP contribution is 2.34. The fraction of sp³-hybridized carbons (Fsp3) is 0.463. The lowest BCUT2D eigenvalue weighted by Crippen LogP contribution is -2.38. The summed E-state index contributed by atoms with van der Waals surface area (Å²) in [4.78, 5) is 0. The highest BCUT2D eigenvalue weighted by molar-refractivity contribution is 6.32. The molecule has 0 amide bonds. The van der Waals surface area contributed by atoms with Crippen LogP contribution in [0.15, 0.2) is 115 Å². The van der Waals surface area contributed by atoms with Gasteiger partial charge in [0.2, 0.25) is 0 Å². The van der Waals surface area contributed by atoms with Crippen molar-refractivity contribution in [2.45, 2.75) is 78.7 Å². The molecule has 3 unspecified atom stereocenters. The first-order valence-corrected chi connectivity index (χ1v) is 17.1. The molecule has 4 heteroatoms. The van der Waals surface area contributed by atoms with Gasteiger partial charge in [-0.05, 0) is 104 Å². The SMILES string of the molecule is C=C1/C=C/C[C@@H](C/C=C/C2=CCC(C)C=C2)CC(=C)C(CC(C)C)CC(=C)C(C)CNC(=C)[C@@H](Cc2ccc(OC)c(Cl)c2)N1. The molecular weight excluding hydrogens is 572 g/mol. The van der Waals surface area contributed by atoms with Gasteiger partial charge >= 0.3 is 0 Å².